The van der Waals surface area contributed by atoms with Gasteiger partial charge in [0.05, 0.1) is 11.4 Å². The molecule has 0 saturated carbocycles. The molecule has 0 aromatic heterocycles. The van der Waals surface area contributed by atoms with Crippen molar-refractivity contribution in [2.45, 2.75) is 6.92 Å². The number of rotatable bonds is 7. The van der Waals surface area contributed by atoms with Crippen LogP contribution >= 0.6 is 0 Å². The maximum atomic E-state index is 13.4. The molecule has 1 aliphatic heterocycles. The summed E-state index contributed by atoms with van der Waals surface area (Å²) in [4.78, 5) is 28.3. The third kappa shape index (κ3) is 4.97. The van der Waals surface area contributed by atoms with Crippen LogP contribution < -0.4 is 14.8 Å². The molecule has 146 valence electrons. The highest BCUT2D eigenvalue weighted by Crippen LogP contribution is 2.32. The van der Waals surface area contributed by atoms with E-state index in [1.165, 1.54) is 18.2 Å². The van der Waals surface area contributed by atoms with Crippen LogP contribution in [0.4, 0.5) is 10.1 Å². The van der Waals surface area contributed by atoms with E-state index in [0.717, 1.165) is 5.56 Å². The lowest BCUT2D eigenvalue weighted by atomic mass is 10.1. The molecule has 0 atom stereocenters. The van der Waals surface area contributed by atoms with Crippen LogP contribution in [-0.2, 0) is 19.2 Å². The van der Waals surface area contributed by atoms with Crippen LogP contribution in [0.1, 0.15) is 12.5 Å². The number of nitrogens with zero attached hydrogens (tertiary/aromatic N) is 1. The van der Waals surface area contributed by atoms with Crippen molar-refractivity contribution >= 4 is 23.3 Å². The summed E-state index contributed by atoms with van der Waals surface area (Å²) in [5, 5.41) is 6.14. The van der Waals surface area contributed by atoms with Crippen molar-refractivity contribution in [1.82, 2.24) is 0 Å². The summed E-state index contributed by atoms with van der Waals surface area (Å²) < 4.78 is 28.7. The summed E-state index contributed by atoms with van der Waals surface area (Å²) in [6.07, 6.45) is 0. The minimum Gasteiger partial charge on any atom is -0.454 e. The predicted octanol–water partition coefficient (Wildman–Crippen LogP) is 2.48. The third-order valence-corrected chi connectivity index (χ3v) is 3.69. The van der Waals surface area contributed by atoms with Crippen LogP contribution in [0.25, 0.3) is 0 Å². The van der Waals surface area contributed by atoms with Crippen LogP contribution in [0.5, 0.6) is 11.5 Å². The van der Waals surface area contributed by atoms with Crippen molar-refractivity contribution in [3.8, 4) is 11.5 Å². The van der Waals surface area contributed by atoms with Crippen molar-refractivity contribution in [3.05, 3.63) is 53.8 Å². The molecule has 1 aliphatic rings. The Hall–Kier alpha value is -3.62. The second kappa shape index (κ2) is 8.85. The van der Waals surface area contributed by atoms with Crippen molar-refractivity contribution in [2.24, 2.45) is 5.16 Å². The van der Waals surface area contributed by atoms with Crippen molar-refractivity contribution in [2.75, 3.05) is 25.3 Å². The first-order chi connectivity index (χ1) is 13.5. The fourth-order valence-electron chi connectivity index (χ4n) is 2.29. The third-order valence-electron chi connectivity index (χ3n) is 3.69. The number of oxime groups is 1. The Bertz CT molecular complexity index is 915. The molecule has 8 nitrogen and oxygen atoms in total. The maximum Gasteiger partial charge on any atom is 0.347 e. The average Bonchev–Trinajstić information content (AvgIpc) is 3.16. The van der Waals surface area contributed by atoms with Gasteiger partial charge in [-0.25, -0.2) is 9.18 Å². The predicted molar refractivity (Wildman–Crippen MR) is 96.7 cm³/mol. The normalized spacial score (nSPS) is 12.4. The molecule has 0 aliphatic carbocycles. The highest BCUT2D eigenvalue weighted by Gasteiger charge is 2.14. The number of nitrogens with one attached hydrogen (secondary N) is 1. The lowest BCUT2D eigenvalue weighted by Crippen LogP contribution is -2.23. The average molecular weight is 388 g/mol. The number of hydrogen-bond acceptors (Lipinski definition) is 7. The zero-order valence-corrected chi connectivity index (χ0v) is 14.9. The minimum absolute atomic E-state index is 0.00347. The number of halogens is 1. The van der Waals surface area contributed by atoms with Gasteiger partial charge in [-0.05, 0) is 37.3 Å². The van der Waals surface area contributed by atoms with E-state index in [1.54, 1.807) is 31.2 Å². The number of anilines is 1. The Balaban J connectivity index is 1.42. The number of ether oxygens (including phenoxy) is 3. The molecule has 1 N–H and O–H groups in total. The first-order valence-electron chi connectivity index (χ1n) is 8.29. The molecule has 0 spiro atoms. The Morgan fingerprint density at radius 2 is 1.93 bits per heavy atom. The molecular formula is C19H17FN2O6. The van der Waals surface area contributed by atoms with Gasteiger partial charge in [-0.2, -0.15) is 0 Å². The summed E-state index contributed by atoms with van der Waals surface area (Å²) >= 11 is 0. The Morgan fingerprint density at radius 1 is 1.14 bits per heavy atom. The topological polar surface area (TPSA) is 95.5 Å². The lowest BCUT2D eigenvalue weighted by Gasteiger charge is -2.07. The van der Waals surface area contributed by atoms with Gasteiger partial charge < -0.3 is 24.4 Å². The number of hydrogen-bond donors (Lipinski definition) is 1. The molecule has 0 unspecified atom stereocenters. The van der Waals surface area contributed by atoms with Gasteiger partial charge in [-0.15, -0.1) is 0 Å². The summed E-state index contributed by atoms with van der Waals surface area (Å²) in [5.74, 6) is -0.787. The van der Waals surface area contributed by atoms with E-state index < -0.39 is 30.9 Å². The van der Waals surface area contributed by atoms with Gasteiger partial charge in [0.2, 0.25) is 13.4 Å². The van der Waals surface area contributed by atoms with Crippen LogP contribution in [0.3, 0.4) is 0 Å². The second-order valence-electron chi connectivity index (χ2n) is 5.71. The van der Waals surface area contributed by atoms with Gasteiger partial charge in [-0.3, -0.25) is 4.79 Å². The number of amides is 1. The summed E-state index contributed by atoms with van der Waals surface area (Å²) in [7, 11) is 0. The molecule has 2 aromatic rings. The molecule has 28 heavy (non-hydrogen) atoms. The van der Waals surface area contributed by atoms with Gasteiger partial charge in [0.25, 0.3) is 5.91 Å². The fourth-order valence-corrected chi connectivity index (χ4v) is 2.29. The van der Waals surface area contributed by atoms with Gasteiger partial charge in [-0.1, -0.05) is 17.3 Å². The van der Waals surface area contributed by atoms with Crippen molar-refractivity contribution in [1.29, 1.82) is 0 Å². The Morgan fingerprint density at radius 3 is 2.75 bits per heavy atom. The molecule has 3 rings (SSSR count). The molecule has 1 heterocycles. The first-order valence-corrected chi connectivity index (χ1v) is 8.29. The van der Waals surface area contributed by atoms with Gasteiger partial charge in [0.15, 0.2) is 18.1 Å². The largest absolute Gasteiger partial charge is 0.454 e. The smallest absolute Gasteiger partial charge is 0.347 e. The highest BCUT2D eigenvalue weighted by molar-refractivity contribution is 5.99. The molecule has 0 radical (unpaired) electrons. The van der Waals surface area contributed by atoms with E-state index in [9.17, 15) is 14.0 Å². The van der Waals surface area contributed by atoms with Crippen LogP contribution in [0, 0.1) is 5.82 Å². The van der Waals surface area contributed by atoms with Crippen molar-refractivity contribution in [3.63, 3.8) is 0 Å². The number of fused-ring (bicyclic) bond motifs is 1. The first kappa shape index (κ1) is 19.2. The number of esters is 1. The molecule has 2 aromatic carbocycles. The van der Waals surface area contributed by atoms with Crippen LogP contribution in [-0.4, -0.2) is 37.6 Å². The second-order valence-corrected chi connectivity index (χ2v) is 5.71. The quantitative estimate of drug-likeness (QED) is 0.445. The number of benzene rings is 2. The molecule has 0 bridgehead atoms. The van der Waals surface area contributed by atoms with E-state index in [-0.39, 0.29) is 12.5 Å². The summed E-state index contributed by atoms with van der Waals surface area (Å²) in [6, 6.07) is 10.9. The monoisotopic (exact) mass is 388 g/mol. The SMILES string of the molecule is C/C(=N/OCC(=O)OCC(=O)Nc1ccccc1F)c1ccc2c(c1)OCO2. The maximum absolute atomic E-state index is 13.4. The van der Waals surface area contributed by atoms with Crippen molar-refractivity contribution < 1.29 is 33.0 Å². The van der Waals surface area contributed by atoms with Crippen LogP contribution in [0.15, 0.2) is 47.6 Å². The van der Waals surface area contributed by atoms with Gasteiger partial charge >= 0.3 is 5.97 Å². The standard InChI is InChI=1S/C19H17FN2O6/c1-12(13-6-7-16-17(8-13)27-11-26-16)22-28-10-19(24)25-9-18(23)21-15-5-3-2-4-14(15)20/h2-8H,9-11H2,1H3,(H,21,23)/b22-12-. The molecule has 9 heteroatoms. The zero-order valence-electron chi connectivity index (χ0n) is 14.9. The Kier molecular flexibility index (Phi) is 6.05. The molecule has 1 amide bonds. The van der Waals surface area contributed by atoms with E-state index in [4.69, 9.17) is 19.0 Å². The summed E-state index contributed by atoms with van der Waals surface area (Å²) in [6.45, 7) is 0.822. The molecule has 0 fully saturated rings. The van der Waals surface area contributed by atoms with E-state index in [1.807, 2.05) is 0 Å². The lowest BCUT2D eigenvalue weighted by molar-refractivity contribution is -0.151. The fraction of sp³-hybridized carbons (Fsp3) is 0.211. The van der Waals surface area contributed by atoms with E-state index in [2.05, 4.69) is 10.5 Å². The van der Waals surface area contributed by atoms with Crippen LogP contribution in [0.2, 0.25) is 0 Å². The summed E-state index contributed by atoms with van der Waals surface area (Å²) in [5.41, 5.74) is 1.26. The van der Waals surface area contributed by atoms with E-state index >= 15 is 0 Å². The van der Waals surface area contributed by atoms with E-state index in [0.29, 0.717) is 17.2 Å². The zero-order chi connectivity index (χ0) is 19.9. The minimum atomic E-state index is -0.786. The number of carbonyl (C=O) groups is 2. The number of carbonyl (C=O) groups excluding carboxylic acids is 2. The van der Waals surface area contributed by atoms with Gasteiger partial charge in [0.1, 0.15) is 5.82 Å². The molecule has 0 saturated heterocycles. The highest BCUT2D eigenvalue weighted by atomic mass is 19.1. The Labute approximate surface area is 159 Å². The van der Waals surface area contributed by atoms with Gasteiger partial charge in [0, 0.05) is 5.56 Å². The number of para-hydroxylation sites is 1. The molecular weight excluding hydrogens is 371 g/mol.